The van der Waals surface area contributed by atoms with Crippen LogP contribution in [0, 0.1) is 5.82 Å². The predicted molar refractivity (Wildman–Crippen MR) is 75.9 cm³/mol. The quantitative estimate of drug-likeness (QED) is 0.832. The van der Waals surface area contributed by atoms with Crippen LogP contribution in [0.2, 0.25) is 0 Å². The number of carboxylic acids is 1. The molecule has 0 amide bonds. The van der Waals surface area contributed by atoms with Gasteiger partial charge in [-0.05, 0) is 42.8 Å². The van der Waals surface area contributed by atoms with Crippen molar-refractivity contribution >= 4 is 11.8 Å². The summed E-state index contributed by atoms with van der Waals surface area (Å²) < 4.78 is 14.6. The number of halogens is 1. The SMILES string of the molecule is CCCn1c(CC(=O)O)ccc1C(=O)c1ccc(F)cc1. The summed E-state index contributed by atoms with van der Waals surface area (Å²) >= 11 is 0. The maximum absolute atomic E-state index is 12.9. The van der Waals surface area contributed by atoms with Crippen LogP contribution in [0.4, 0.5) is 4.39 Å². The lowest BCUT2D eigenvalue weighted by molar-refractivity contribution is -0.136. The molecule has 0 atom stereocenters. The fourth-order valence-electron chi connectivity index (χ4n) is 2.25. The van der Waals surface area contributed by atoms with E-state index in [1.54, 1.807) is 16.7 Å². The van der Waals surface area contributed by atoms with E-state index in [1.165, 1.54) is 24.3 Å². The van der Waals surface area contributed by atoms with Crippen LogP contribution in [0.25, 0.3) is 0 Å². The van der Waals surface area contributed by atoms with Crippen molar-refractivity contribution in [1.82, 2.24) is 4.57 Å². The lowest BCUT2D eigenvalue weighted by Gasteiger charge is -2.11. The van der Waals surface area contributed by atoms with Crippen LogP contribution >= 0.6 is 0 Å². The lowest BCUT2D eigenvalue weighted by Crippen LogP contribution is -2.14. The molecule has 110 valence electrons. The van der Waals surface area contributed by atoms with Gasteiger partial charge in [0, 0.05) is 17.8 Å². The lowest BCUT2D eigenvalue weighted by atomic mass is 10.1. The average Bonchev–Trinajstić information content (AvgIpc) is 2.82. The van der Waals surface area contributed by atoms with Crippen molar-refractivity contribution in [2.24, 2.45) is 0 Å². The summed E-state index contributed by atoms with van der Waals surface area (Å²) in [5.41, 5.74) is 1.41. The largest absolute Gasteiger partial charge is 0.481 e. The normalized spacial score (nSPS) is 10.6. The van der Waals surface area contributed by atoms with Crippen LogP contribution in [0.1, 0.15) is 35.1 Å². The third-order valence-electron chi connectivity index (χ3n) is 3.19. The summed E-state index contributed by atoms with van der Waals surface area (Å²) in [6, 6.07) is 8.60. The Kier molecular flexibility index (Phi) is 4.52. The number of hydrogen-bond donors (Lipinski definition) is 1. The molecule has 5 heteroatoms. The third kappa shape index (κ3) is 3.37. The van der Waals surface area contributed by atoms with E-state index in [9.17, 15) is 14.0 Å². The zero-order chi connectivity index (χ0) is 15.4. The Labute approximate surface area is 121 Å². The molecule has 0 radical (unpaired) electrons. The molecule has 4 nitrogen and oxygen atoms in total. The Bertz CT molecular complexity index is 659. The van der Waals surface area contributed by atoms with Gasteiger partial charge in [0.2, 0.25) is 5.78 Å². The maximum Gasteiger partial charge on any atom is 0.309 e. The highest BCUT2D eigenvalue weighted by molar-refractivity contribution is 6.08. The second-order valence-corrected chi connectivity index (χ2v) is 4.77. The topological polar surface area (TPSA) is 59.3 Å². The van der Waals surface area contributed by atoms with E-state index in [0.717, 1.165) is 6.42 Å². The van der Waals surface area contributed by atoms with E-state index in [-0.39, 0.29) is 12.2 Å². The number of aliphatic carboxylic acids is 1. The number of carbonyl (C=O) groups excluding carboxylic acids is 1. The Morgan fingerprint density at radius 3 is 2.38 bits per heavy atom. The number of carboxylic acid groups (broad SMARTS) is 1. The van der Waals surface area contributed by atoms with Gasteiger partial charge in [-0.1, -0.05) is 6.92 Å². The number of hydrogen-bond acceptors (Lipinski definition) is 2. The molecule has 1 N–H and O–H groups in total. The molecular weight excluding hydrogens is 273 g/mol. The van der Waals surface area contributed by atoms with Crippen LogP contribution in [0.5, 0.6) is 0 Å². The highest BCUT2D eigenvalue weighted by Gasteiger charge is 2.17. The van der Waals surface area contributed by atoms with E-state index in [1.807, 2.05) is 6.92 Å². The van der Waals surface area contributed by atoms with E-state index < -0.39 is 11.8 Å². The van der Waals surface area contributed by atoms with E-state index >= 15 is 0 Å². The Morgan fingerprint density at radius 2 is 1.81 bits per heavy atom. The summed E-state index contributed by atoms with van der Waals surface area (Å²) in [7, 11) is 0. The Morgan fingerprint density at radius 1 is 1.14 bits per heavy atom. The fourth-order valence-corrected chi connectivity index (χ4v) is 2.25. The number of rotatable bonds is 6. The van der Waals surface area contributed by atoms with Crippen LogP contribution < -0.4 is 0 Å². The van der Waals surface area contributed by atoms with Crippen LogP contribution in [-0.4, -0.2) is 21.4 Å². The second-order valence-electron chi connectivity index (χ2n) is 4.77. The molecule has 0 saturated heterocycles. The fraction of sp³-hybridized carbons (Fsp3) is 0.250. The van der Waals surface area contributed by atoms with Crippen molar-refractivity contribution in [3.05, 3.63) is 59.2 Å². The Hall–Kier alpha value is -2.43. The van der Waals surface area contributed by atoms with Gasteiger partial charge in [0.15, 0.2) is 0 Å². The first-order valence-corrected chi connectivity index (χ1v) is 6.73. The standard InChI is InChI=1S/C16H16FNO3/c1-2-9-18-13(10-15(19)20)7-8-14(18)16(21)11-3-5-12(17)6-4-11/h3-8H,2,9-10H2,1H3,(H,19,20). The first-order chi connectivity index (χ1) is 10.0. The van der Waals surface area contributed by atoms with Gasteiger partial charge in [0.05, 0.1) is 12.1 Å². The van der Waals surface area contributed by atoms with E-state index in [2.05, 4.69) is 0 Å². The predicted octanol–water partition coefficient (Wildman–Crippen LogP) is 2.90. The van der Waals surface area contributed by atoms with Gasteiger partial charge in [-0.25, -0.2) is 4.39 Å². The first-order valence-electron chi connectivity index (χ1n) is 6.73. The maximum atomic E-state index is 12.9. The van der Waals surface area contributed by atoms with Crippen LogP contribution in [0.3, 0.4) is 0 Å². The number of ketones is 1. The molecule has 0 bridgehead atoms. The highest BCUT2D eigenvalue weighted by Crippen LogP contribution is 2.16. The summed E-state index contributed by atoms with van der Waals surface area (Å²) in [6.07, 6.45) is 0.654. The zero-order valence-electron chi connectivity index (χ0n) is 11.7. The molecule has 0 unspecified atom stereocenters. The van der Waals surface area contributed by atoms with Gasteiger partial charge in [-0.3, -0.25) is 9.59 Å². The van der Waals surface area contributed by atoms with Gasteiger partial charge in [-0.2, -0.15) is 0 Å². The van der Waals surface area contributed by atoms with Crippen molar-refractivity contribution in [3.63, 3.8) is 0 Å². The summed E-state index contributed by atoms with van der Waals surface area (Å²) in [4.78, 5) is 23.3. The van der Waals surface area contributed by atoms with Gasteiger partial charge >= 0.3 is 5.97 Å². The average molecular weight is 289 g/mol. The molecule has 2 rings (SSSR count). The molecule has 0 aliphatic rings. The van der Waals surface area contributed by atoms with Crippen molar-refractivity contribution in [2.45, 2.75) is 26.3 Å². The molecule has 1 heterocycles. The third-order valence-corrected chi connectivity index (χ3v) is 3.19. The van der Waals surface area contributed by atoms with Crippen molar-refractivity contribution in [1.29, 1.82) is 0 Å². The number of nitrogens with zero attached hydrogens (tertiary/aromatic N) is 1. The number of carbonyl (C=O) groups is 2. The van der Waals surface area contributed by atoms with Crippen LogP contribution in [0.15, 0.2) is 36.4 Å². The van der Waals surface area contributed by atoms with Crippen molar-refractivity contribution in [3.8, 4) is 0 Å². The second kappa shape index (κ2) is 6.35. The monoisotopic (exact) mass is 289 g/mol. The van der Waals surface area contributed by atoms with Gasteiger partial charge < -0.3 is 9.67 Å². The number of benzene rings is 1. The first kappa shape index (κ1) is 15.0. The molecule has 0 aliphatic heterocycles. The molecule has 1 aromatic carbocycles. The smallest absolute Gasteiger partial charge is 0.309 e. The molecule has 2 aromatic rings. The molecule has 0 spiro atoms. The van der Waals surface area contributed by atoms with Gasteiger partial charge in [0.1, 0.15) is 5.82 Å². The molecule has 0 saturated carbocycles. The minimum absolute atomic E-state index is 0.128. The van der Waals surface area contributed by atoms with Crippen molar-refractivity contribution < 1.29 is 19.1 Å². The minimum atomic E-state index is -0.939. The summed E-state index contributed by atoms with van der Waals surface area (Å²) in [5, 5.41) is 8.92. The molecular formula is C16H16FNO3. The number of aromatic nitrogens is 1. The van der Waals surface area contributed by atoms with E-state index in [4.69, 9.17) is 5.11 Å². The molecule has 0 fully saturated rings. The zero-order valence-corrected chi connectivity index (χ0v) is 11.7. The van der Waals surface area contributed by atoms with Gasteiger partial charge in [-0.15, -0.1) is 0 Å². The van der Waals surface area contributed by atoms with Crippen molar-refractivity contribution in [2.75, 3.05) is 0 Å². The molecule has 0 aliphatic carbocycles. The van der Waals surface area contributed by atoms with Gasteiger partial charge in [0.25, 0.3) is 0 Å². The Balaban J connectivity index is 2.38. The summed E-state index contributed by atoms with van der Waals surface area (Å²) in [5.74, 6) is -1.58. The molecule has 21 heavy (non-hydrogen) atoms. The molecule has 1 aromatic heterocycles. The highest BCUT2D eigenvalue weighted by atomic mass is 19.1. The van der Waals surface area contributed by atoms with E-state index in [0.29, 0.717) is 23.5 Å². The minimum Gasteiger partial charge on any atom is -0.481 e. The summed E-state index contributed by atoms with van der Waals surface area (Å²) in [6.45, 7) is 2.52. The van der Waals surface area contributed by atoms with Crippen LogP contribution in [-0.2, 0) is 17.8 Å².